The monoisotopic (exact) mass is 436 g/mol. The van der Waals surface area contributed by atoms with Crippen LogP contribution in [0.4, 0.5) is 4.39 Å². The number of likely N-dealkylation sites (tertiary alicyclic amines) is 1. The molecular formula is C21H19Cl2FN2O3. The van der Waals surface area contributed by atoms with Crippen LogP contribution < -0.4 is 5.32 Å². The summed E-state index contributed by atoms with van der Waals surface area (Å²) in [5, 5.41) is 3.86. The molecule has 3 amide bonds. The Bertz CT molecular complexity index is 918. The second-order valence-electron chi connectivity index (χ2n) is 6.80. The Labute approximate surface area is 177 Å². The molecule has 152 valence electrons. The predicted octanol–water partition coefficient (Wildman–Crippen LogP) is 4.07. The van der Waals surface area contributed by atoms with Crippen LogP contribution in [-0.2, 0) is 20.8 Å². The van der Waals surface area contributed by atoms with Crippen LogP contribution in [-0.4, -0.2) is 29.2 Å². The number of hydrogen-bond acceptors (Lipinski definition) is 3. The van der Waals surface area contributed by atoms with Gasteiger partial charge in [-0.15, -0.1) is 0 Å². The van der Waals surface area contributed by atoms with Crippen LogP contribution in [0.3, 0.4) is 0 Å². The minimum Gasteiger partial charge on any atom is -0.349 e. The summed E-state index contributed by atoms with van der Waals surface area (Å²) < 4.78 is 13.3. The van der Waals surface area contributed by atoms with Crippen molar-refractivity contribution in [3.05, 3.63) is 69.5 Å². The minimum atomic E-state index is -0.466. The molecule has 5 nitrogen and oxygen atoms in total. The molecule has 8 heteroatoms. The van der Waals surface area contributed by atoms with Gasteiger partial charge in [-0.3, -0.25) is 19.3 Å². The quantitative estimate of drug-likeness (QED) is 0.665. The lowest BCUT2D eigenvalue weighted by molar-refractivity contribution is -0.138. The molecule has 1 aliphatic heterocycles. The first kappa shape index (κ1) is 21.3. The van der Waals surface area contributed by atoms with Gasteiger partial charge in [0.05, 0.1) is 6.04 Å². The summed E-state index contributed by atoms with van der Waals surface area (Å²) in [6, 6.07) is 10.5. The molecule has 0 saturated carbocycles. The standard InChI is InChI=1S/C21H19Cl2FN2O3/c22-15-4-1-14(17(23)12-15)11-18(13-2-5-16(24)6-3-13)25-19(27)9-10-26-20(28)7-8-21(26)29/h1-6,12,18H,7-11H2,(H,25,27). The van der Waals surface area contributed by atoms with Gasteiger partial charge in [-0.1, -0.05) is 41.4 Å². The topological polar surface area (TPSA) is 66.5 Å². The molecule has 0 radical (unpaired) electrons. The molecule has 0 aliphatic carbocycles. The maximum Gasteiger partial charge on any atom is 0.229 e. The number of imide groups is 1. The highest BCUT2D eigenvalue weighted by molar-refractivity contribution is 6.35. The lowest BCUT2D eigenvalue weighted by Gasteiger charge is -2.21. The third-order valence-corrected chi connectivity index (χ3v) is 5.35. The lowest BCUT2D eigenvalue weighted by atomic mass is 9.98. The Morgan fingerprint density at radius 2 is 1.72 bits per heavy atom. The van der Waals surface area contributed by atoms with Gasteiger partial charge in [-0.25, -0.2) is 4.39 Å². The summed E-state index contributed by atoms with van der Waals surface area (Å²) in [6.45, 7) is 0.0430. The Morgan fingerprint density at radius 1 is 1.07 bits per heavy atom. The number of amides is 3. The number of rotatable bonds is 7. The van der Waals surface area contributed by atoms with Crippen molar-refractivity contribution in [1.29, 1.82) is 0 Å². The largest absolute Gasteiger partial charge is 0.349 e. The molecule has 0 bridgehead atoms. The van der Waals surface area contributed by atoms with Gasteiger partial charge in [0.15, 0.2) is 0 Å². The average Bonchev–Trinajstić information content (AvgIpc) is 3.00. The van der Waals surface area contributed by atoms with Crippen molar-refractivity contribution < 1.29 is 18.8 Å². The second-order valence-corrected chi connectivity index (χ2v) is 7.64. The van der Waals surface area contributed by atoms with E-state index in [1.54, 1.807) is 30.3 Å². The molecule has 1 fully saturated rings. The molecule has 1 saturated heterocycles. The van der Waals surface area contributed by atoms with Crippen LogP contribution in [0.15, 0.2) is 42.5 Å². The molecule has 29 heavy (non-hydrogen) atoms. The van der Waals surface area contributed by atoms with E-state index in [9.17, 15) is 18.8 Å². The van der Waals surface area contributed by atoms with Crippen LogP contribution in [0.2, 0.25) is 10.0 Å². The van der Waals surface area contributed by atoms with Crippen molar-refractivity contribution in [1.82, 2.24) is 10.2 Å². The van der Waals surface area contributed by atoms with E-state index in [1.165, 1.54) is 12.1 Å². The number of benzene rings is 2. The molecule has 2 aromatic carbocycles. The first-order valence-corrected chi connectivity index (χ1v) is 9.91. The van der Waals surface area contributed by atoms with Crippen LogP contribution in [0, 0.1) is 5.82 Å². The van der Waals surface area contributed by atoms with Gasteiger partial charge in [0, 0.05) is 35.9 Å². The van der Waals surface area contributed by atoms with E-state index in [0.29, 0.717) is 22.0 Å². The number of nitrogens with zero attached hydrogens (tertiary/aromatic N) is 1. The van der Waals surface area contributed by atoms with Crippen molar-refractivity contribution in [3.63, 3.8) is 0 Å². The Balaban J connectivity index is 1.72. The Kier molecular flexibility index (Phi) is 6.87. The van der Waals surface area contributed by atoms with Crippen LogP contribution in [0.5, 0.6) is 0 Å². The van der Waals surface area contributed by atoms with Gasteiger partial charge >= 0.3 is 0 Å². The summed E-state index contributed by atoms with van der Waals surface area (Å²) >= 11 is 12.2. The van der Waals surface area contributed by atoms with Gasteiger partial charge in [-0.05, 0) is 41.8 Å². The highest BCUT2D eigenvalue weighted by Crippen LogP contribution is 2.26. The molecule has 1 atom stereocenters. The van der Waals surface area contributed by atoms with Crippen molar-refractivity contribution in [2.75, 3.05) is 6.54 Å². The smallest absolute Gasteiger partial charge is 0.229 e. The van der Waals surface area contributed by atoms with E-state index < -0.39 is 6.04 Å². The maximum atomic E-state index is 13.3. The lowest BCUT2D eigenvalue weighted by Crippen LogP contribution is -2.36. The normalized spacial score (nSPS) is 14.9. The number of carbonyl (C=O) groups excluding carboxylic acids is 3. The number of halogens is 3. The SMILES string of the molecule is O=C(CCN1C(=O)CCC1=O)NC(Cc1ccc(Cl)cc1Cl)c1ccc(F)cc1. The summed E-state index contributed by atoms with van der Waals surface area (Å²) in [7, 11) is 0. The van der Waals surface area contributed by atoms with Gasteiger partial charge in [0.1, 0.15) is 5.82 Å². The summed E-state index contributed by atoms with van der Waals surface area (Å²) in [5.74, 6) is -1.22. The molecule has 0 aromatic heterocycles. The fraction of sp³-hybridized carbons (Fsp3) is 0.286. The van der Waals surface area contributed by atoms with E-state index in [4.69, 9.17) is 23.2 Å². The summed E-state index contributed by atoms with van der Waals surface area (Å²) in [4.78, 5) is 37.0. The van der Waals surface area contributed by atoms with Crippen LogP contribution in [0.1, 0.15) is 36.4 Å². The molecule has 1 unspecified atom stereocenters. The predicted molar refractivity (Wildman–Crippen MR) is 108 cm³/mol. The van der Waals surface area contributed by atoms with Crippen molar-refractivity contribution in [2.24, 2.45) is 0 Å². The van der Waals surface area contributed by atoms with E-state index in [0.717, 1.165) is 10.5 Å². The van der Waals surface area contributed by atoms with E-state index in [1.807, 2.05) is 0 Å². The van der Waals surface area contributed by atoms with Crippen LogP contribution >= 0.6 is 23.2 Å². The van der Waals surface area contributed by atoms with Crippen molar-refractivity contribution in [3.8, 4) is 0 Å². The fourth-order valence-electron chi connectivity index (χ4n) is 3.21. The molecule has 3 rings (SSSR count). The Hall–Kier alpha value is -2.44. The molecule has 1 N–H and O–H groups in total. The third kappa shape index (κ3) is 5.55. The third-order valence-electron chi connectivity index (χ3n) is 4.76. The highest BCUT2D eigenvalue weighted by Gasteiger charge is 2.29. The zero-order chi connectivity index (χ0) is 21.0. The number of carbonyl (C=O) groups is 3. The van der Waals surface area contributed by atoms with Gasteiger partial charge in [-0.2, -0.15) is 0 Å². The summed E-state index contributed by atoms with van der Waals surface area (Å²) in [6.07, 6.45) is 0.736. The first-order chi connectivity index (χ1) is 13.8. The molecular weight excluding hydrogens is 418 g/mol. The first-order valence-electron chi connectivity index (χ1n) is 9.15. The zero-order valence-corrected chi connectivity index (χ0v) is 17.0. The van der Waals surface area contributed by atoms with E-state index >= 15 is 0 Å². The number of hydrogen-bond donors (Lipinski definition) is 1. The zero-order valence-electron chi connectivity index (χ0n) is 15.5. The minimum absolute atomic E-state index is 0.0104. The molecule has 0 spiro atoms. The van der Waals surface area contributed by atoms with Crippen LogP contribution in [0.25, 0.3) is 0 Å². The summed E-state index contributed by atoms with van der Waals surface area (Å²) in [5.41, 5.74) is 1.48. The average molecular weight is 437 g/mol. The fourth-order valence-corrected chi connectivity index (χ4v) is 3.69. The number of nitrogens with one attached hydrogen (secondary N) is 1. The second kappa shape index (κ2) is 9.37. The van der Waals surface area contributed by atoms with Gasteiger partial charge in [0.25, 0.3) is 0 Å². The highest BCUT2D eigenvalue weighted by atomic mass is 35.5. The van der Waals surface area contributed by atoms with Gasteiger partial charge in [0.2, 0.25) is 17.7 Å². The van der Waals surface area contributed by atoms with Crippen molar-refractivity contribution in [2.45, 2.75) is 31.7 Å². The molecule has 2 aromatic rings. The van der Waals surface area contributed by atoms with E-state index in [-0.39, 0.29) is 49.3 Å². The Morgan fingerprint density at radius 3 is 2.34 bits per heavy atom. The molecule has 1 heterocycles. The molecule has 1 aliphatic rings. The van der Waals surface area contributed by atoms with Gasteiger partial charge < -0.3 is 5.32 Å². The van der Waals surface area contributed by atoms with Crippen molar-refractivity contribution >= 4 is 40.9 Å². The van der Waals surface area contributed by atoms with E-state index in [2.05, 4.69) is 5.32 Å². The maximum absolute atomic E-state index is 13.3.